The van der Waals surface area contributed by atoms with E-state index >= 15 is 0 Å². The third kappa shape index (κ3) is 5.39. The number of morpholine rings is 1. The molecule has 2 fully saturated rings. The molecule has 35 heavy (non-hydrogen) atoms. The van der Waals surface area contributed by atoms with E-state index in [9.17, 15) is 4.79 Å². The van der Waals surface area contributed by atoms with Crippen molar-refractivity contribution in [3.63, 3.8) is 0 Å². The lowest BCUT2D eigenvalue weighted by Crippen LogP contribution is -2.38. The van der Waals surface area contributed by atoms with Crippen molar-refractivity contribution in [2.24, 2.45) is 0 Å². The molecular formula is C27H33N5O3. The maximum atomic E-state index is 13.4. The highest BCUT2D eigenvalue weighted by atomic mass is 16.5. The van der Waals surface area contributed by atoms with Crippen molar-refractivity contribution < 1.29 is 14.3 Å². The van der Waals surface area contributed by atoms with E-state index in [-0.39, 0.29) is 11.9 Å². The van der Waals surface area contributed by atoms with Crippen molar-refractivity contribution in [2.75, 3.05) is 46.0 Å². The van der Waals surface area contributed by atoms with Gasteiger partial charge >= 0.3 is 0 Å². The molecule has 8 nitrogen and oxygen atoms in total. The number of amides is 1. The number of hydrogen-bond donors (Lipinski definition) is 0. The first-order valence-electron chi connectivity index (χ1n) is 12.6. The van der Waals surface area contributed by atoms with Gasteiger partial charge in [0.05, 0.1) is 24.9 Å². The van der Waals surface area contributed by atoms with Crippen LogP contribution in [0.3, 0.4) is 0 Å². The summed E-state index contributed by atoms with van der Waals surface area (Å²) in [4.78, 5) is 27.0. The molecule has 2 aromatic heterocycles. The Hall–Kier alpha value is -3.23. The highest BCUT2D eigenvalue weighted by Gasteiger charge is 2.31. The molecule has 2 aliphatic rings. The van der Waals surface area contributed by atoms with E-state index < -0.39 is 0 Å². The van der Waals surface area contributed by atoms with Crippen LogP contribution in [0.4, 0.5) is 0 Å². The van der Waals surface area contributed by atoms with Gasteiger partial charge in [0.1, 0.15) is 24.0 Å². The molecule has 0 N–H and O–H groups in total. The smallest absolute Gasteiger partial charge is 0.254 e. The molecule has 4 heterocycles. The van der Waals surface area contributed by atoms with Crippen LogP contribution < -0.4 is 4.74 Å². The summed E-state index contributed by atoms with van der Waals surface area (Å²) in [7, 11) is 0. The second-order valence-corrected chi connectivity index (χ2v) is 8.97. The fraction of sp³-hybridized carbons (Fsp3) is 0.444. The van der Waals surface area contributed by atoms with E-state index in [1.165, 1.54) is 0 Å². The van der Waals surface area contributed by atoms with E-state index in [4.69, 9.17) is 14.5 Å². The molecule has 0 saturated carbocycles. The number of aryl methyl sites for hydroxylation is 1. The summed E-state index contributed by atoms with van der Waals surface area (Å²) in [5, 5.41) is 0. The van der Waals surface area contributed by atoms with E-state index in [1.54, 1.807) is 6.20 Å². The molecule has 0 bridgehead atoms. The standard InChI is InChI=1S/C27H33N5O3/c1-2-25-28-12-14-32(25)26-7-3-5-23(29-26)24-6-4-13-31(24)27(33)21-8-10-22(11-9-21)35-20-17-30-15-18-34-19-16-30/h3,5,7-12,14,24H,2,4,6,13,15-20H2,1H3/t24-/m0/s1. The first-order valence-corrected chi connectivity index (χ1v) is 12.6. The minimum atomic E-state index is -0.0273. The Bertz CT molecular complexity index is 1120. The molecule has 0 radical (unpaired) electrons. The van der Waals surface area contributed by atoms with Gasteiger partial charge in [-0.3, -0.25) is 14.3 Å². The predicted octanol–water partition coefficient (Wildman–Crippen LogP) is 3.52. The van der Waals surface area contributed by atoms with Gasteiger partial charge < -0.3 is 14.4 Å². The largest absolute Gasteiger partial charge is 0.492 e. The van der Waals surface area contributed by atoms with E-state index in [1.807, 2.05) is 58.1 Å². The lowest BCUT2D eigenvalue weighted by atomic mass is 10.1. The lowest BCUT2D eigenvalue weighted by Gasteiger charge is -2.26. The van der Waals surface area contributed by atoms with Gasteiger partial charge in [-0.2, -0.15) is 0 Å². The van der Waals surface area contributed by atoms with Crippen LogP contribution >= 0.6 is 0 Å². The molecule has 1 aromatic carbocycles. The molecule has 184 valence electrons. The Morgan fingerprint density at radius 3 is 2.74 bits per heavy atom. The number of aromatic nitrogens is 3. The van der Waals surface area contributed by atoms with E-state index in [2.05, 4.69) is 16.8 Å². The summed E-state index contributed by atoms with van der Waals surface area (Å²) in [5.41, 5.74) is 1.60. The Morgan fingerprint density at radius 2 is 1.94 bits per heavy atom. The summed E-state index contributed by atoms with van der Waals surface area (Å²) in [6, 6.07) is 13.5. The van der Waals surface area contributed by atoms with Crippen LogP contribution in [0.25, 0.3) is 5.82 Å². The van der Waals surface area contributed by atoms with E-state index in [0.717, 1.165) is 81.7 Å². The molecule has 2 saturated heterocycles. The fourth-order valence-electron chi connectivity index (χ4n) is 4.86. The van der Waals surface area contributed by atoms with Gasteiger partial charge in [0, 0.05) is 50.6 Å². The quantitative estimate of drug-likeness (QED) is 0.496. The normalized spacial score (nSPS) is 18.7. The number of carbonyl (C=O) groups is 1. The van der Waals surface area contributed by atoms with Crippen LogP contribution in [0.2, 0.25) is 0 Å². The first-order chi connectivity index (χ1) is 17.2. The first kappa shape index (κ1) is 23.5. The molecular weight excluding hydrogens is 442 g/mol. The van der Waals surface area contributed by atoms with Crippen molar-refractivity contribution in [3.8, 4) is 11.6 Å². The average Bonchev–Trinajstić information content (AvgIpc) is 3.59. The average molecular weight is 476 g/mol. The molecule has 3 aromatic rings. The Kier molecular flexibility index (Phi) is 7.39. The van der Waals surface area contributed by atoms with E-state index in [0.29, 0.717) is 12.2 Å². The van der Waals surface area contributed by atoms with Crippen molar-refractivity contribution >= 4 is 5.91 Å². The summed E-state index contributed by atoms with van der Waals surface area (Å²) in [6.07, 6.45) is 6.45. The van der Waals surface area contributed by atoms with Gasteiger partial charge in [-0.25, -0.2) is 9.97 Å². The van der Waals surface area contributed by atoms with Crippen LogP contribution in [-0.4, -0.2) is 76.2 Å². The van der Waals surface area contributed by atoms with Crippen LogP contribution in [0, 0.1) is 0 Å². The zero-order chi connectivity index (χ0) is 24.0. The molecule has 8 heteroatoms. The maximum Gasteiger partial charge on any atom is 0.254 e. The molecule has 5 rings (SSSR count). The Balaban J connectivity index is 1.23. The van der Waals surface area contributed by atoms with Crippen molar-refractivity contribution in [3.05, 3.63) is 71.9 Å². The minimum Gasteiger partial charge on any atom is -0.492 e. The monoisotopic (exact) mass is 475 g/mol. The molecule has 1 atom stereocenters. The van der Waals surface area contributed by atoms with Gasteiger partial charge in [0.15, 0.2) is 0 Å². The van der Waals surface area contributed by atoms with Crippen molar-refractivity contribution in [1.29, 1.82) is 0 Å². The molecule has 0 unspecified atom stereocenters. The Labute approximate surface area is 206 Å². The Morgan fingerprint density at radius 1 is 1.11 bits per heavy atom. The number of likely N-dealkylation sites (tertiary alicyclic amines) is 1. The van der Waals surface area contributed by atoms with Crippen LogP contribution in [0.15, 0.2) is 54.9 Å². The summed E-state index contributed by atoms with van der Waals surface area (Å²) < 4.78 is 13.3. The van der Waals surface area contributed by atoms with Crippen LogP contribution in [0.5, 0.6) is 5.75 Å². The lowest BCUT2D eigenvalue weighted by molar-refractivity contribution is 0.0322. The third-order valence-corrected chi connectivity index (χ3v) is 6.77. The number of nitrogens with zero attached hydrogens (tertiary/aromatic N) is 5. The van der Waals surface area contributed by atoms with Gasteiger partial charge in [0.25, 0.3) is 5.91 Å². The second-order valence-electron chi connectivity index (χ2n) is 8.97. The second kappa shape index (κ2) is 11.0. The van der Waals surface area contributed by atoms with Crippen LogP contribution in [-0.2, 0) is 11.2 Å². The predicted molar refractivity (Wildman–Crippen MR) is 133 cm³/mol. The van der Waals surface area contributed by atoms with Crippen molar-refractivity contribution in [1.82, 2.24) is 24.3 Å². The molecule has 0 aliphatic carbocycles. The molecule has 2 aliphatic heterocycles. The van der Waals surface area contributed by atoms with Gasteiger partial charge in [-0.15, -0.1) is 0 Å². The number of imidazole rings is 1. The number of ether oxygens (including phenoxy) is 2. The van der Waals surface area contributed by atoms with Gasteiger partial charge in [0.2, 0.25) is 0 Å². The number of pyridine rings is 1. The third-order valence-electron chi connectivity index (χ3n) is 6.77. The van der Waals surface area contributed by atoms with Gasteiger partial charge in [-0.05, 0) is 49.2 Å². The van der Waals surface area contributed by atoms with Crippen LogP contribution in [0.1, 0.15) is 47.7 Å². The highest BCUT2D eigenvalue weighted by Crippen LogP contribution is 2.33. The summed E-state index contributed by atoms with van der Waals surface area (Å²) >= 11 is 0. The highest BCUT2D eigenvalue weighted by molar-refractivity contribution is 5.94. The number of hydrogen-bond acceptors (Lipinski definition) is 6. The fourth-order valence-corrected chi connectivity index (χ4v) is 4.86. The maximum absolute atomic E-state index is 13.4. The SMILES string of the molecule is CCc1nccn1-c1cccc([C@@H]2CCCN2C(=O)c2ccc(OCCN3CCOCC3)cc2)n1. The molecule has 0 spiro atoms. The zero-order valence-electron chi connectivity index (χ0n) is 20.3. The topological polar surface area (TPSA) is 72.7 Å². The van der Waals surface area contributed by atoms with Gasteiger partial charge in [-0.1, -0.05) is 13.0 Å². The molecule has 1 amide bonds. The minimum absolute atomic E-state index is 0.0273. The summed E-state index contributed by atoms with van der Waals surface area (Å²) in [5.74, 6) is 2.64. The summed E-state index contributed by atoms with van der Waals surface area (Å²) in [6.45, 7) is 7.81. The van der Waals surface area contributed by atoms with Crippen molar-refractivity contribution in [2.45, 2.75) is 32.2 Å². The number of rotatable bonds is 8. The zero-order valence-corrected chi connectivity index (χ0v) is 20.3. The number of benzene rings is 1. The number of carbonyl (C=O) groups excluding carboxylic acids is 1.